The van der Waals surface area contributed by atoms with Crippen molar-refractivity contribution in [3.8, 4) is 11.3 Å². The van der Waals surface area contributed by atoms with Gasteiger partial charge in [0.05, 0.1) is 12.3 Å². The number of thiazole rings is 1. The fourth-order valence-electron chi connectivity index (χ4n) is 1.43. The summed E-state index contributed by atoms with van der Waals surface area (Å²) in [6.45, 7) is 3.91. The van der Waals surface area contributed by atoms with Gasteiger partial charge in [-0.25, -0.2) is 9.37 Å². The highest BCUT2D eigenvalue weighted by molar-refractivity contribution is 7.10. The molecule has 4 heteroatoms. The maximum atomic E-state index is 13.1. The van der Waals surface area contributed by atoms with Gasteiger partial charge in [0.1, 0.15) is 10.8 Å². The van der Waals surface area contributed by atoms with E-state index in [1.165, 1.54) is 23.5 Å². The van der Waals surface area contributed by atoms with Crippen LogP contribution in [0, 0.1) is 5.82 Å². The standard InChI is InChI=1S/C13H14FNOS/c1-13(2,8-16)12-15-11(7-17-12)9-4-3-5-10(14)6-9/h3-7,16H,8H2,1-2H3. The normalized spacial score (nSPS) is 11.8. The fourth-order valence-corrected chi connectivity index (χ4v) is 2.38. The monoisotopic (exact) mass is 251 g/mol. The largest absolute Gasteiger partial charge is 0.395 e. The van der Waals surface area contributed by atoms with E-state index >= 15 is 0 Å². The number of aliphatic hydroxyl groups excluding tert-OH is 1. The van der Waals surface area contributed by atoms with Crippen LogP contribution in [0.25, 0.3) is 11.3 Å². The van der Waals surface area contributed by atoms with Crippen LogP contribution in [0.15, 0.2) is 29.6 Å². The first kappa shape index (κ1) is 12.2. The molecule has 0 atom stereocenters. The minimum atomic E-state index is -0.351. The van der Waals surface area contributed by atoms with Gasteiger partial charge >= 0.3 is 0 Å². The van der Waals surface area contributed by atoms with E-state index in [4.69, 9.17) is 0 Å². The zero-order valence-electron chi connectivity index (χ0n) is 9.77. The van der Waals surface area contributed by atoms with Crippen LogP contribution in [-0.4, -0.2) is 16.7 Å². The van der Waals surface area contributed by atoms with Crippen molar-refractivity contribution in [3.63, 3.8) is 0 Å². The van der Waals surface area contributed by atoms with E-state index in [2.05, 4.69) is 4.98 Å². The van der Waals surface area contributed by atoms with Crippen molar-refractivity contribution >= 4 is 11.3 Å². The molecule has 0 bridgehead atoms. The van der Waals surface area contributed by atoms with Crippen molar-refractivity contribution in [1.82, 2.24) is 4.98 Å². The molecule has 0 aliphatic rings. The molecule has 0 aliphatic carbocycles. The van der Waals surface area contributed by atoms with Crippen molar-refractivity contribution in [2.45, 2.75) is 19.3 Å². The average Bonchev–Trinajstić information content (AvgIpc) is 2.79. The Kier molecular flexibility index (Phi) is 3.26. The molecule has 0 unspecified atom stereocenters. The second kappa shape index (κ2) is 4.55. The third-order valence-electron chi connectivity index (χ3n) is 2.60. The van der Waals surface area contributed by atoms with Gasteiger partial charge < -0.3 is 5.11 Å². The van der Waals surface area contributed by atoms with Crippen LogP contribution in [0.2, 0.25) is 0 Å². The lowest BCUT2D eigenvalue weighted by Gasteiger charge is -2.17. The summed E-state index contributed by atoms with van der Waals surface area (Å²) in [5.74, 6) is -0.265. The van der Waals surface area contributed by atoms with Gasteiger partial charge in [0.15, 0.2) is 0 Å². The highest BCUT2D eigenvalue weighted by atomic mass is 32.1. The van der Waals surface area contributed by atoms with E-state index in [1.54, 1.807) is 6.07 Å². The summed E-state index contributed by atoms with van der Waals surface area (Å²) in [4.78, 5) is 4.46. The molecule has 2 nitrogen and oxygen atoms in total. The Bertz CT molecular complexity index is 522. The fraction of sp³-hybridized carbons (Fsp3) is 0.308. The molecule has 0 amide bonds. The van der Waals surface area contributed by atoms with Gasteiger partial charge in [-0.05, 0) is 12.1 Å². The molecule has 0 radical (unpaired) electrons. The molecule has 0 saturated carbocycles. The highest BCUT2D eigenvalue weighted by Gasteiger charge is 2.23. The number of halogens is 1. The Morgan fingerprint density at radius 2 is 2.18 bits per heavy atom. The third-order valence-corrected chi connectivity index (χ3v) is 3.81. The van der Waals surface area contributed by atoms with Gasteiger partial charge in [0.2, 0.25) is 0 Å². The van der Waals surface area contributed by atoms with Crippen LogP contribution in [-0.2, 0) is 5.41 Å². The summed E-state index contributed by atoms with van der Waals surface area (Å²) in [5, 5.41) is 12.0. The first-order valence-electron chi connectivity index (χ1n) is 5.36. The summed E-state index contributed by atoms with van der Waals surface area (Å²) < 4.78 is 13.1. The van der Waals surface area contributed by atoms with Crippen LogP contribution in [0.5, 0.6) is 0 Å². The Hall–Kier alpha value is -1.26. The number of aromatic nitrogens is 1. The topological polar surface area (TPSA) is 33.1 Å². The number of rotatable bonds is 3. The smallest absolute Gasteiger partial charge is 0.123 e. The summed E-state index contributed by atoms with van der Waals surface area (Å²) in [7, 11) is 0. The molecule has 0 saturated heterocycles. The molecule has 1 aromatic heterocycles. The van der Waals surface area contributed by atoms with Crippen molar-refractivity contribution in [2.24, 2.45) is 0 Å². The van der Waals surface area contributed by atoms with Crippen LogP contribution >= 0.6 is 11.3 Å². The lowest BCUT2D eigenvalue weighted by atomic mass is 9.96. The van der Waals surface area contributed by atoms with Crippen LogP contribution < -0.4 is 0 Å². The second-order valence-electron chi connectivity index (χ2n) is 4.59. The molecule has 1 N–H and O–H groups in total. The Morgan fingerprint density at radius 3 is 2.82 bits per heavy atom. The number of hydrogen-bond donors (Lipinski definition) is 1. The molecular formula is C13H14FNOS. The lowest BCUT2D eigenvalue weighted by molar-refractivity contribution is 0.218. The molecule has 2 rings (SSSR count). The predicted molar refractivity (Wildman–Crippen MR) is 67.6 cm³/mol. The number of aliphatic hydroxyl groups is 1. The molecule has 0 fully saturated rings. The molecule has 0 aliphatic heterocycles. The van der Waals surface area contributed by atoms with E-state index in [9.17, 15) is 9.50 Å². The van der Waals surface area contributed by atoms with Gasteiger partial charge in [-0.1, -0.05) is 26.0 Å². The Balaban J connectivity index is 2.36. The average molecular weight is 251 g/mol. The quantitative estimate of drug-likeness (QED) is 0.908. The zero-order valence-corrected chi connectivity index (χ0v) is 10.6. The highest BCUT2D eigenvalue weighted by Crippen LogP contribution is 2.30. The van der Waals surface area contributed by atoms with E-state index in [1.807, 2.05) is 25.3 Å². The van der Waals surface area contributed by atoms with Crippen molar-refractivity contribution < 1.29 is 9.50 Å². The summed E-state index contributed by atoms with van der Waals surface area (Å²) >= 11 is 1.49. The Labute approximate surface area is 104 Å². The molecule has 0 spiro atoms. The van der Waals surface area contributed by atoms with Crippen LogP contribution in [0.4, 0.5) is 4.39 Å². The number of benzene rings is 1. The van der Waals surface area contributed by atoms with Gasteiger partial charge in [0, 0.05) is 16.4 Å². The Morgan fingerprint density at radius 1 is 1.41 bits per heavy atom. The van der Waals surface area contributed by atoms with Crippen molar-refractivity contribution in [1.29, 1.82) is 0 Å². The summed E-state index contributed by atoms with van der Waals surface area (Å²) in [6.07, 6.45) is 0. The van der Waals surface area contributed by atoms with E-state index in [0.717, 1.165) is 16.3 Å². The van der Waals surface area contributed by atoms with Crippen molar-refractivity contribution in [2.75, 3.05) is 6.61 Å². The first-order valence-corrected chi connectivity index (χ1v) is 6.24. The lowest BCUT2D eigenvalue weighted by Crippen LogP contribution is -2.21. The van der Waals surface area contributed by atoms with Gasteiger partial charge in [-0.15, -0.1) is 11.3 Å². The second-order valence-corrected chi connectivity index (χ2v) is 5.45. The predicted octanol–water partition coefficient (Wildman–Crippen LogP) is 3.22. The molecular weight excluding hydrogens is 237 g/mol. The van der Waals surface area contributed by atoms with E-state index in [-0.39, 0.29) is 17.8 Å². The molecule has 90 valence electrons. The molecule has 1 aromatic carbocycles. The summed E-state index contributed by atoms with van der Waals surface area (Å²) in [5.41, 5.74) is 1.17. The molecule has 2 aromatic rings. The molecule has 17 heavy (non-hydrogen) atoms. The number of nitrogens with zero attached hydrogens (tertiary/aromatic N) is 1. The zero-order chi connectivity index (χ0) is 12.5. The van der Waals surface area contributed by atoms with Gasteiger partial charge in [0.25, 0.3) is 0 Å². The van der Waals surface area contributed by atoms with E-state index in [0.29, 0.717) is 0 Å². The maximum Gasteiger partial charge on any atom is 0.123 e. The number of hydrogen-bond acceptors (Lipinski definition) is 3. The summed E-state index contributed by atoms with van der Waals surface area (Å²) in [6, 6.07) is 6.37. The van der Waals surface area contributed by atoms with Crippen molar-refractivity contribution in [3.05, 3.63) is 40.5 Å². The maximum absolute atomic E-state index is 13.1. The van der Waals surface area contributed by atoms with Crippen LogP contribution in [0.3, 0.4) is 0 Å². The first-order chi connectivity index (χ1) is 8.03. The third kappa shape index (κ3) is 2.53. The molecule has 1 heterocycles. The van der Waals surface area contributed by atoms with Gasteiger partial charge in [-0.2, -0.15) is 0 Å². The minimum Gasteiger partial charge on any atom is -0.395 e. The van der Waals surface area contributed by atoms with E-state index < -0.39 is 0 Å². The SMILES string of the molecule is CC(C)(CO)c1nc(-c2cccc(F)c2)cs1. The van der Waals surface area contributed by atoms with Gasteiger partial charge in [-0.3, -0.25) is 0 Å². The minimum absolute atomic E-state index is 0.0447. The van der Waals surface area contributed by atoms with Crippen LogP contribution in [0.1, 0.15) is 18.9 Å².